The fourth-order valence-corrected chi connectivity index (χ4v) is 2.33. The highest BCUT2D eigenvalue weighted by molar-refractivity contribution is 7.98. The van der Waals surface area contributed by atoms with Crippen LogP contribution in [0.2, 0.25) is 0 Å². The normalized spacial score (nSPS) is 12.0. The lowest BCUT2D eigenvalue weighted by molar-refractivity contribution is 0.0935. The molecular formula is C16H15F2NOS. The molecule has 21 heavy (non-hydrogen) atoms. The lowest BCUT2D eigenvalue weighted by Crippen LogP contribution is -2.27. The Bertz CT molecular complexity index is 643. The summed E-state index contributed by atoms with van der Waals surface area (Å²) in [4.78, 5) is 13.1. The predicted molar refractivity (Wildman–Crippen MR) is 80.5 cm³/mol. The molecule has 5 heteroatoms. The van der Waals surface area contributed by atoms with Gasteiger partial charge in [-0.15, -0.1) is 11.8 Å². The Morgan fingerprint density at radius 1 is 1.14 bits per heavy atom. The first-order chi connectivity index (χ1) is 10.0. The lowest BCUT2D eigenvalue weighted by atomic mass is 10.1. The number of amides is 1. The Morgan fingerprint density at radius 3 is 2.38 bits per heavy atom. The standard InChI is InChI=1S/C16H15F2NOS/c1-10(11-3-6-13(21-2)7-4-11)19-16(20)14-8-5-12(17)9-15(14)18/h3-10H,1-2H3,(H,19,20). The molecule has 0 aliphatic rings. The highest BCUT2D eigenvalue weighted by Crippen LogP contribution is 2.19. The van der Waals surface area contributed by atoms with E-state index in [9.17, 15) is 13.6 Å². The van der Waals surface area contributed by atoms with Crippen molar-refractivity contribution in [3.05, 3.63) is 65.2 Å². The van der Waals surface area contributed by atoms with E-state index in [0.29, 0.717) is 6.07 Å². The van der Waals surface area contributed by atoms with Crippen LogP contribution >= 0.6 is 11.8 Å². The summed E-state index contributed by atoms with van der Waals surface area (Å²) in [6.07, 6.45) is 1.98. The van der Waals surface area contributed by atoms with Crippen LogP contribution in [0.1, 0.15) is 28.9 Å². The van der Waals surface area contributed by atoms with E-state index in [2.05, 4.69) is 5.32 Å². The van der Waals surface area contributed by atoms with E-state index in [1.807, 2.05) is 37.4 Å². The van der Waals surface area contributed by atoms with Crippen LogP contribution in [0.25, 0.3) is 0 Å². The molecule has 0 aromatic heterocycles. The van der Waals surface area contributed by atoms with Gasteiger partial charge in [0.15, 0.2) is 0 Å². The van der Waals surface area contributed by atoms with Crippen LogP contribution in [0.15, 0.2) is 47.4 Å². The number of carbonyl (C=O) groups excluding carboxylic acids is 1. The first-order valence-electron chi connectivity index (χ1n) is 6.41. The topological polar surface area (TPSA) is 29.1 Å². The van der Waals surface area contributed by atoms with Gasteiger partial charge in [0.1, 0.15) is 11.6 Å². The second-order valence-electron chi connectivity index (χ2n) is 4.59. The smallest absolute Gasteiger partial charge is 0.254 e. The van der Waals surface area contributed by atoms with Gasteiger partial charge in [-0.3, -0.25) is 4.79 Å². The fraction of sp³-hybridized carbons (Fsp3) is 0.188. The first kappa shape index (κ1) is 15.5. The van der Waals surface area contributed by atoms with Gasteiger partial charge >= 0.3 is 0 Å². The number of halogens is 2. The van der Waals surface area contributed by atoms with Gasteiger partial charge in [0, 0.05) is 11.0 Å². The molecule has 110 valence electrons. The van der Waals surface area contributed by atoms with Crippen LogP contribution in [-0.4, -0.2) is 12.2 Å². The number of nitrogens with one attached hydrogen (secondary N) is 1. The van der Waals surface area contributed by atoms with Crippen LogP contribution in [0.4, 0.5) is 8.78 Å². The molecule has 2 aromatic carbocycles. The van der Waals surface area contributed by atoms with Crippen LogP contribution in [-0.2, 0) is 0 Å². The van der Waals surface area contributed by atoms with E-state index < -0.39 is 17.5 Å². The number of rotatable bonds is 4. The van der Waals surface area contributed by atoms with Gasteiger partial charge < -0.3 is 5.32 Å². The summed E-state index contributed by atoms with van der Waals surface area (Å²) in [5.41, 5.74) is 0.757. The fourth-order valence-electron chi connectivity index (χ4n) is 1.92. The Kier molecular flexibility index (Phi) is 4.96. The Balaban J connectivity index is 2.10. The first-order valence-corrected chi connectivity index (χ1v) is 7.63. The Hall–Kier alpha value is -1.88. The maximum absolute atomic E-state index is 13.5. The summed E-state index contributed by atoms with van der Waals surface area (Å²) in [5.74, 6) is -2.13. The van der Waals surface area contributed by atoms with Gasteiger partial charge in [-0.25, -0.2) is 8.78 Å². The average molecular weight is 307 g/mol. The molecule has 0 saturated heterocycles. The summed E-state index contributed by atoms with van der Waals surface area (Å²) < 4.78 is 26.4. The molecular weight excluding hydrogens is 292 g/mol. The lowest BCUT2D eigenvalue weighted by Gasteiger charge is -2.15. The van der Waals surface area contributed by atoms with Gasteiger partial charge in [-0.05, 0) is 43.0 Å². The molecule has 2 rings (SSSR count). The summed E-state index contributed by atoms with van der Waals surface area (Å²) in [6, 6.07) is 10.4. The van der Waals surface area contributed by atoms with Crippen molar-refractivity contribution in [2.45, 2.75) is 17.9 Å². The average Bonchev–Trinajstić information content (AvgIpc) is 2.47. The highest BCUT2D eigenvalue weighted by atomic mass is 32.2. The SMILES string of the molecule is CSc1ccc(C(C)NC(=O)c2ccc(F)cc2F)cc1. The maximum Gasteiger partial charge on any atom is 0.254 e. The number of carbonyl (C=O) groups is 1. The molecule has 2 nitrogen and oxygen atoms in total. The highest BCUT2D eigenvalue weighted by Gasteiger charge is 2.15. The molecule has 0 spiro atoms. The van der Waals surface area contributed by atoms with E-state index in [0.717, 1.165) is 22.6 Å². The number of thioether (sulfide) groups is 1. The molecule has 1 N–H and O–H groups in total. The quantitative estimate of drug-likeness (QED) is 0.859. The zero-order valence-corrected chi connectivity index (χ0v) is 12.5. The number of hydrogen-bond donors (Lipinski definition) is 1. The van der Waals surface area contributed by atoms with Crippen molar-refractivity contribution in [3.63, 3.8) is 0 Å². The molecule has 2 aromatic rings. The molecule has 0 fully saturated rings. The van der Waals surface area contributed by atoms with Gasteiger partial charge in [0.05, 0.1) is 11.6 Å². The molecule has 0 saturated carbocycles. The van der Waals surface area contributed by atoms with Crippen molar-refractivity contribution < 1.29 is 13.6 Å². The van der Waals surface area contributed by atoms with Crippen LogP contribution < -0.4 is 5.32 Å². The van der Waals surface area contributed by atoms with E-state index in [1.165, 1.54) is 0 Å². The third kappa shape index (κ3) is 3.82. The molecule has 0 radical (unpaired) electrons. The zero-order chi connectivity index (χ0) is 15.4. The van der Waals surface area contributed by atoms with Crippen molar-refractivity contribution in [3.8, 4) is 0 Å². The van der Waals surface area contributed by atoms with Gasteiger partial charge in [0.2, 0.25) is 0 Å². The third-order valence-electron chi connectivity index (χ3n) is 3.14. The molecule has 1 atom stereocenters. The molecule has 0 aliphatic heterocycles. The minimum atomic E-state index is -0.863. The van der Waals surface area contributed by atoms with Crippen molar-refractivity contribution in [1.29, 1.82) is 0 Å². The largest absolute Gasteiger partial charge is 0.345 e. The van der Waals surface area contributed by atoms with Gasteiger partial charge in [0.25, 0.3) is 5.91 Å². The van der Waals surface area contributed by atoms with Gasteiger partial charge in [-0.1, -0.05) is 12.1 Å². The Morgan fingerprint density at radius 2 is 1.81 bits per heavy atom. The summed E-state index contributed by atoms with van der Waals surface area (Å²) in [6.45, 7) is 1.81. The monoisotopic (exact) mass is 307 g/mol. The minimum absolute atomic E-state index is 0.163. The van der Waals surface area contributed by atoms with E-state index in [1.54, 1.807) is 11.8 Å². The molecule has 0 heterocycles. The summed E-state index contributed by atoms with van der Waals surface area (Å²) in [5, 5.41) is 2.70. The molecule has 0 bridgehead atoms. The minimum Gasteiger partial charge on any atom is -0.345 e. The van der Waals surface area contributed by atoms with Gasteiger partial charge in [-0.2, -0.15) is 0 Å². The number of hydrogen-bond acceptors (Lipinski definition) is 2. The van der Waals surface area contributed by atoms with Crippen molar-refractivity contribution in [1.82, 2.24) is 5.32 Å². The summed E-state index contributed by atoms with van der Waals surface area (Å²) in [7, 11) is 0. The summed E-state index contributed by atoms with van der Waals surface area (Å²) >= 11 is 1.63. The predicted octanol–water partition coefficient (Wildman–Crippen LogP) is 4.18. The molecule has 1 amide bonds. The van der Waals surface area contributed by atoms with E-state index in [4.69, 9.17) is 0 Å². The maximum atomic E-state index is 13.5. The zero-order valence-electron chi connectivity index (χ0n) is 11.7. The van der Waals surface area contributed by atoms with Crippen LogP contribution in [0.5, 0.6) is 0 Å². The molecule has 0 aliphatic carbocycles. The second-order valence-corrected chi connectivity index (χ2v) is 5.47. The van der Waals surface area contributed by atoms with E-state index >= 15 is 0 Å². The number of benzene rings is 2. The van der Waals surface area contributed by atoms with Crippen LogP contribution in [0.3, 0.4) is 0 Å². The van der Waals surface area contributed by atoms with E-state index in [-0.39, 0.29) is 11.6 Å². The third-order valence-corrected chi connectivity index (χ3v) is 3.88. The van der Waals surface area contributed by atoms with Crippen molar-refractivity contribution >= 4 is 17.7 Å². The van der Waals surface area contributed by atoms with Crippen molar-refractivity contribution in [2.24, 2.45) is 0 Å². The molecule has 1 unspecified atom stereocenters. The van der Waals surface area contributed by atoms with Crippen LogP contribution in [0, 0.1) is 11.6 Å². The Labute approximate surface area is 126 Å². The second kappa shape index (κ2) is 6.72. The van der Waals surface area contributed by atoms with Crippen molar-refractivity contribution in [2.75, 3.05) is 6.26 Å².